The van der Waals surface area contributed by atoms with E-state index in [1.807, 2.05) is 24.3 Å². The second-order valence-corrected chi connectivity index (χ2v) is 7.37. The predicted octanol–water partition coefficient (Wildman–Crippen LogP) is 3.34. The number of hydrogen-bond donors (Lipinski definition) is 1. The van der Waals surface area contributed by atoms with Crippen LogP contribution in [0.5, 0.6) is 5.75 Å². The Morgan fingerprint density at radius 3 is 2.38 bits per heavy atom. The average molecular weight is 370 g/mol. The molecule has 0 heterocycles. The number of halogens is 1. The third-order valence-corrected chi connectivity index (χ3v) is 4.63. The Balaban J connectivity index is 1.83. The highest BCUT2D eigenvalue weighted by atomic mass is 79.9. The van der Waals surface area contributed by atoms with Crippen molar-refractivity contribution in [3.8, 4) is 5.75 Å². The summed E-state index contributed by atoms with van der Waals surface area (Å²) in [6.45, 7) is 1.13. The van der Waals surface area contributed by atoms with Crippen LogP contribution in [0.1, 0.15) is 0 Å². The summed E-state index contributed by atoms with van der Waals surface area (Å²) in [5, 5.41) is 3.25. The Morgan fingerprint density at radius 2 is 1.76 bits per heavy atom. The van der Waals surface area contributed by atoms with Gasteiger partial charge in [-0.3, -0.25) is 0 Å². The van der Waals surface area contributed by atoms with Crippen molar-refractivity contribution in [2.45, 2.75) is 4.90 Å². The van der Waals surface area contributed by atoms with E-state index >= 15 is 0 Å². The highest BCUT2D eigenvalue weighted by Gasteiger charge is 2.06. The summed E-state index contributed by atoms with van der Waals surface area (Å²) in [5.74, 6) is 0.649. The van der Waals surface area contributed by atoms with E-state index in [-0.39, 0.29) is 0 Å². The molecule has 0 saturated heterocycles. The molecular weight excluding hydrogens is 354 g/mol. The van der Waals surface area contributed by atoms with Crippen LogP contribution in [0.15, 0.2) is 57.9 Å². The van der Waals surface area contributed by atoms with Crippen LogP contribution in [-0.4, -0.2) is 27.8 Å². The zero-order valence-corrected chi connectivity index (χ0v) is 13.9. The van der Waals surface area contributed by atoms with Gasteiger partial charge < -0.3 is 10.1 Å². The maximum Gasteiger partial charge on any atom is 0.175 e. The van der Waals surface area contributed by atoms with Crippen LogP contribution < -0.4 is 10.1 Å². The van der Waals surface area contributed by atoms with Gasteiger partial charge >= 0.3 is 0 Å². The molecule has 4 nitrogen and oxygen atoms in total. The third-order valence-electron chi connectivity index (χ3n) is 2.81. The first-order valence-corrected chi connectivity index (χ1v) is 9.06. The summed E-state index contributed by atoms with van der Waals surface area (Å²) in [5.41, 5.74) is 1.01. The van der Waals surface area contributed by atoms with Crippen LogP contribution in [0.4, 0.5) is 5.69 Å². The van der Waals surface area contributed by atoms with Gasteiger partial charge in [0.05, 0.1) is 4.90 Å². The lowest BCUT2D eigenvalue weighted by molar-refractivity contribution is 0.332. The fourth-order valence-corrected chi connectivity index (χ4v) is 2.80. The van der Waals surface area contributed by atoms with E-state index in [1.165, 1.54) is 6.26 Å². The number of ether oxygens (including phenoxy) is 1. The van der Waals surface area contributed by atoms with Gasteiger partial charge in [-0.2, -0.15) is 0 Å². The molecule has 2 aromatic carbocycles. The molecule has 1 N–H and O–H groups in total. The zero-order valence-electron chi connectivity index (χ0n) is 11.5. The van der Waals surface area contributed by atoms with Crippen molar-refractivity contribution in [1.82, 2.24) is 0 Å². The van der Waals surface area contributed by atoms with Crippen LogP contribution in [0, 0.1) is 0 Å². The standard InChI is InChI=1S/C15H16BrNO3S/c1-21(18,19)13-8-6-12(7-9-13)20-11-10-17-15-5-3-2-4-14(15)16/h2-9,17H,10-11H2,1H3. The summed E-state index contributed by atoms with van der Waals surface area (Å²) in [4.78, 5) is 0.293. The number of hydrogen-bond acceptors (Lipinski definition) is 4. The molecule has 0 fully saturated rings. The van der Waals surface area contributed by atoms with Crippen LogP contribution in [0.3, 0.4) is 0 Å². The molecular formula is C15H16BrNO3S. The maximum atomic E-state index is 11.3. The van der Waals surface area contributed by atoms with E-state index in [4.69, 9.17) is 4.74 Å². The van der Waals surface area contributed by atoms with E-state index < -0.39 is 9.84 Å². The molecule has 112 valence electrons. The van der Waals surface area contributed by atoms with Crippen molar-refractivity contribution < 1.29 is 13.2 Å². The van der Waals surface area contributed by atoms with E-state index in [0.717, 1.165) is 10.2 Å². The minimum absolute atomic E-state index is 0.293. The number of para-hydroxylation sites is 1. The molecule has 0 radical (unpaired) electrons. The van der Waals surface area contributed by atoms with Crippen LogP contribution in [-0.2, 0) is 9.84 Å². The monoisotopic (exact) mass is 369 g/mol. The van der Waals surface area contributed by atoms with Gasteiger partial charge in [0.1, 0.15) is 12.4 Å². The first-order valence-electron chi connectivity index (χ1n) is 6.38. The fourth-order valence-electron chi connectivity index (χ4n) is 1.74. The third kappa shape index (κ3) is 4.75. The zero-order chi connectivity index (χ0) is 15.3. The van der Waals surface area contributed by atoms with Crippen LogP contribution >= 0.6 is 15.9 Å². The summed E-state index contributed by atoms with van der Waals surface area (Å²) < 4.78 is 29.2. The van der Waals surface area contributed by atoms with Gasteiger partial charge in [0.25, 0.3) is 0 Å². The summed E-state index contributed by atoms with van der Waals surface area (Å²) in [6, 6.07) is 14.3. The minimum Gasteiger partial charge on any atom is -0.492 e. The van der Waals surface area contributed by atoms with Gasteiger partial charge in [0.2, 0.25) is 0 Å². The molecule has 0 aliphatic rings. The van der Waals surface area contributed by atoms with E-state index in [1.54, 1.807) is 24.3 Å². The lowest BCUT2D eigenvalue weighted by atomic mass is 10.3. The normalized spacial score (nSPS) is 11.1. The maximum absolute atomic E-state index is 11.3. The molecule has 0 spiro atoms. The molecule has 0 aromatic heterocycles. The molecule has 2 rings (SSSR count). The molecule has 21 heavy (non-hydrogen) atoms. The van der Waals surface area contributed by atoms with E-state index in [0.29, 0.717) is 23.8 Å². The number of sulfone groups is 1. The predicted molar refractivity (Wildman–Crippen MR) is 87.7 cm³/mol. The van der Waals surface area contributed by atoms with Crippen LogP contribution in [0.2, 0.25) is 0 Å². The van der Waals surface area contributed by atoms with Gasteiger partial charge in [0.15, 0.2) is 9.84 Å². The van der Waals surface area contributed by atoms with Gasteiger partial charge in [-0.15, -0.1) is 0 Å². The smallest absolute Gasteiger partial charge is 0.175 e. The van der Waals surface area contributed by atoms with Gasteiger partial charge in [-0.25, -0.2) is 8.42 Å². The quantitative estimate of drug-likeness (QED) is 0.793. The number of rotatable bonds is 6. The lowest BCUT2D eigenvalue weighted by Crippen LogP contribution is -2.11. The average Bonchev–Trinajstić information content (AvgIpc) is 2.45. The van der Waals surface area contributed by atoms with Gasteiger partial charge in [0, 0.05) is 23.0 Å². The van der Waals surface area contributed by atoms with Crippen molar-refractivity contribution in [1.29, 1.82) is 0 Å². The lowest BCUT2D eigenvalue weighted by Gasteiger charge is -2.10. The molecule has 0 saturated carbocycles. The van der Waals surface area contributed by atoms with E-state index in [2.05, 4.69) is 21.2 Å². The molecule has 0 aliphatic carbocycles. The first-order chi connectivity index (χ1) is 9.97. The largest absolute Gasteiger partial charge is 0.492 e. The molecule has 0 atom stereocenters. The first kappa shape index (κ1) is 15.9. The summed E-state index contributed by atoms with van der Waals surface area (Å²) in [7, 11) is -3.16. The Labute approximate surface area is 133 Å². The SMILES string of the molecule is CS(=O)(=O)c1ccc(OCCNc2ccccc2Br)cc1. The molecule has 0 unspecified atom stereocenters. The van der Waals surface area contributed by atoms with Crippen LogP contribution in [0.25, 0.3) is 0 Å². The Kier molecular flexibility index (Phi) is 5.25. The van der Waals surface area contributed by atoms with Crippen molar-refractivity contribution in [3.05, 3.63) is 53.0 Å². The van der Waals surface area contributed by atoms with E-state index in [9.17, 15) is 8.42 Å². The summed E-state index contributed by atoms with van der Waals surface area (Å²) in [6.07, 6.45) is 1.19. The minimum atomic E-state index is -3.16. The van der Waals surface area contributed by atoms with Gasteiger partial charge in [-0.1, -0.05) is 12.1 Å². The Morgan fingerprint density at radius 1 is 1.10 bits per heavy atom. The topological polar surface area (TPSA) is 55.4 Å². The second kappa shape index (κ2) is 6.95. The molecule has 0 aliphatic heterocycles. The molecule has 6 heteroatoms. The van der Waals surface area contributed by atoms with Crippen molar-refractivity contribution in [3.63, 3.8) is 0 Å². The molecule has 0 amide bonds. The van der Waals surface area contributed by atoms with Crippen molar-refractivity contribution >= 4 is 31.5 Å². The number of benzene rings is 2. The number of nitrogens with one attached hydrogen (secondary N) is 1. The number of anilines is 1. The Hall–Kier alpha value is -1.53. The molecule has 0 bridgehead atoms. The van der Waals surface area contributed by atoms with Gasteiger partial charge in [-0.05, 0) is 52.3 Å². The second-order valence-electron chi connectivity index (χ2n) is 4.50. The van der Waals surface area contributed by atoms with Crippen molar-refractivity contribution in [2.75, 3.05) is 24.7 Å². The highest BCUT2D eigenvalue weighted by Crippen LogP contribution is 2.21. The fraction of sp³-hybridized carbons (Fsp3) is 0.200. The molecule has 2 aromatic rings. The highest BCUT2D eigenvalue weighted by molar-refractivity contribution is 9.10. The van der Waals surface area contributed by atoms with Crippen molar-refractivity contribution in [2.24, 2.45) is 0 Å². The summed E-state index contributed by atoms with van der Waals surface area (Å²) >= 11 is 3.46. The Bertz CT molecular complexity index is 699.